The van der Waals surface area contributed by atoms with E-state index in [0.717, 1.165) is 6.42 Å². The van der Waals surface area contributed by atoms with E-state index in [1.54, 1.807) is 18.2 Å². The van der Waals surface area contributed by atoms with Gasteiger partial charge in [0.1, 0.15) is 5.82 Å². The lowest BCUT2D eigenvalue weighted by molar-refractivity contribution is 0.189. The maximum Gasteiger partial charge on any atom is 0.405 e. The van der Waals surface area contributed by atoms with Crippen molar-refractivity contribution in [2.24, 2.45) is 0 Å². The lowest BCUT2D eigenvalue weighted by Gasteiger charge is -2.17. The van der Waals surface area contributed by atoms with E-state index in [-0.39, 0.29) is 0 Å². The maximum absolute atomic E-state index is 13.7. The number of halogens is 2. The molecule has 16 heavy (non-hydrogen) atoms. The molecule has 1 rings (SSSR count). The first-order valence-corrected chi connectivity index (χ1v) is 5.79. The Balaban J connectivity index is 3.00. The fraction of sp³-hybridized carbons (Fsp3) is 0.364. The fourth-order valence-electron chi connectivity index (χ4n) is 1.53. The topological polar surface area (TPSA) is 49.3 Å². The van der Waals surface area contributed by atoms with Crippen molar-refractivity contribution in [3.63, 3.8) is 0 Å². The van der Waals surface area contributed by atoms with Gasteiger partial charge < -0.3 is 10.4 Å². The second-order valence-corrected chi connectivity index (χ2v) is 4.29. The van der Waals surface area contributed by atoms with Crippen LogP contribution in [-0.4, -0.2) is 11.2 Å². The van der Waals surface area contributed by atoms with Crippen LogP contribution in [0.3, 0.4) is 0 Å². The van der Waals surface area contributed by atoms with Crippen molar-refractivity contribution in [2.75, 3.05) is 0 Å². The van der Waals surface area contributed by atoms with E-state index in [0.29, 0.717) is 16.5 Å². The molecule has 0 aromatic heterocycles. The Morgan fingerprint density at radius 3 is 2.88 bits per heavy atom. The molecule has 88 valence electrons. The molecule has 0 bridgehead atoms. The molecule has 2 N–H and O–H groups in total. The monoisotopic (exact) mass is 289 g/mol. The second kappa shape index (κ2) is 5.84. The molecule has 5 heteroatoms. The van der Waals surface area contributed by atoms with Crippen molar-refractivity contribution in [3.05, 3.63) is 34.1 Å². The summed E-state index contributed by atoms with van der Waals surface area (Å²) in [4.78, 5) is 10.6. The third-order valence-electron chi connectivity index (χ3n) is 2.23. The summed E-state index contributed by atoms with van der Waals surface area (Å²) >= 11 is 3.08. The maximum atomic E-state index is 13.7. The SMILES string of the molecule is CCCC(NC(=O)O)c1cccc(Br)c1F. The first-order chi connectivity index (χ1) is 7.56. The Morgan fingerprint density at radius 2 is 2.31 bits per heavy atom. The molecular formula is C11H13BrFNO2. The lowest BCUT2D eigenvalue weighted by atomic mass is 10.0. The highest BCUT2D eigenvalue weighted by atomic mass is 79.9. The van der Waals surface area contributed by atoms with Crippen LogP contribution in [0.15, 0.2) is 22.7 Å². The van der Waals surface area contributed by atoms with Crippen molar-refractivity contribution in [2.45, 2.75) is 25.8 Å². The van der Waals surface area contributed by atoms with Crippen molar-refractivity contribution in [3.8, 4) is 0 Å². The molecule has 0 aliphatic rings. The predicted octanol–water partition coefficient (Wildman–Crippen LogP) is 3.70. The van der Waals surface area contributed by atoms with Crippen molar-refractivity contribution >= 4 is 22.0 Å². The number of benzene rings is 1. The number of nitrogens with one attached hydrogen (secondary N) is 1. The van der Waals surface area contributed by atoms with Crippen LogP contribution in [0.1, 0.15) is 31.4 Å². The number of carboxylic acid groups (broad SMARTS) is 1. The Hall–Kier alpha value is -1.10. The van der Waals surface area contributed by atoms with Crippen LogP contribution < -0.4 is 5.32 Å². The second-order valence-electron chi connectivity index (χ2n) is 3.43. The first-order valence-electron chi connectivity index (χ1n) is 4.99. The van der Waals surface area contributed by atoms with Crippen LogP contribution in [0, 0.1) is 5.82 Å². The van der Waals surface area contributed by atoms with Crippen LogP contribution in [-0.2, 0) is 0 Å². The van der Waals surface area contributed by atoms with Crippen molar-refractivity contribution in [1.29, 1.82) is 0 Å². The third kappa shape index (κ3) is 3.20. The standard InChI is InChI=1S/C11H13BrFNO2/c1-2-4-9(14-11(15)16)7-5-3-6-8(12)10(7)13/h3,5-6,9,14H,2,4H2,1H3,(H,15,16). The average Bonchev–Trinajstić information content (AvgIpc) is 2.21. The number of amides is 1. The van der Waals surface area contributed by atoms with E-state index in [1.165, 1.54) is 0 Å². The van der Waals surface area contributed by atoms with Crippen LogP contribution in [0.2, 0.25) is 0 Å². The minimum absolute atomic E-state index is 0.346. The van der Waals surface area contributed by atoms with Gasteiger partial charge in [-0.15, -0.1) is 0 Å². The quantitative estimate of drug-likeness (QED) is 0.888. The summed E-state index contributed by atoms with van der Waals surface area (Å²) in [7, 11) is 0. The molecule has 0 heterocycles. The van der Waals surface area contributed by atoms with Crippen molar-refractivity contribution < 1.29 is 14.3 Å². The smallest absolute Gasteiger partial charge is 0.405 e. The average molecular weight is 290 g/mol. The third-order valence-corrected chi connectivity index (χ3v) is 2.84. The minimum Gasteiger partial charge on any atom is -0.465 e. The van der Waals surface area contributed by atoms with E-state index in [9.17, 15) is 9.18 Å². The molecule has 0 aliphatic heterocycles. The molecule has 0 spiro atoms. The Bertz CT molecular complexity index is 384. The van der Waals surface area contributed by atoms with Crippen LogP contribution in [0.4, 0.5) is 9.18 Å². The summed E-state index contributed by atoms with van der Waals surface area (Å²) in [5.74, 6) is -0.408. The van der Waals surface area contributed by atoms with Gasteiger partial charge in [0.15, 0.2) is 0 Å². The van der Waals surface area contributed by atoms with E-state index in [1.807, 2.05) is 6.92 Å². The molecule has 0 saturated carbocycles. The van der Waals surface area contributed by atoms with Crippen LogP contribution in [0.25, 0.3) is 0 Å². The van der Waals surface area contributed by atoms with E-state index < -0.39 is 18.0 Å². The van der Waals surface area contributed by atoms with Gasteiger partial charge in [-0.3, -0.25) is 0 Å². The molecule has 0 radical (unpaired) electrons. The van der Waals surface area contributed by atoms with Gasteiger partial charge in [0.25, 0.3) is 0 Å². The summed E-state index contributed by atoms with van der Waals surface area (Å²) in [5.41, 5.74) is 0.374. The molecule has 0 aliphatic carbocycles. The molecule has 1 amide bonds. The molecule has 1 unspecified atom stereocenters. The Morgan fingerprint density at radius 1 is 1.62 bits per heavy atom. The molecule has 1 aromatic rings. The number of hydrogen-bond acceptors (Lipinski definition) is 1. The number of carbonyl (C=O) groups is 1. The minimum atomic E-state index is -1.14. The van der Waals surface area contributed by atoms with Crippen LogP contribution >= 0.6 is 15.9 Å². The van der Waals surface area contributed by atoms with Gasteiger partial charge in [-0.1, -0.05) is 25.5 Å². The van der Waals surface area contributed by atoms with Gasteiger partial charge in [-0.05, 0) is 28.4 Å². The fourth-order valence-corrected chi connectivity index (χ4v) is 1.91. The lowest BCUT2D eigenvalue weighted by Crippen LogP contribution is -2.27. The predicted molar refractivity (Wildman–Crippen MR) is 62.9 cm³/mol. The van der Waals surface area contributed by atoms with Gasteiger partial charge in [-0.25, -0.2) is 9.18 Å². The Labute approximate surface area is 102 Å². The highest BCUT2D eigenvalue weighted by Gasteiger charge is 2.18. The zero-order valence-corrected chi connectivity index (χ0v) is 10.4. The highest BCUT2D eigenvalue weighted by molar-refractivity contribution is 9.10. The molecular weight excluding hydrogens is 277 g/mol. The molecule has 3 nitrogen and oxygen atoms in total. The molecule has 0 saturated heterocycles. The van der Waals surface area contributed by atoms with Gasteiger partial charge in [-0.2, -0.15) is 0 Å². The van der Waals surface area contributed by atoms with E-state index in [2.05, 4.69) is 21.2 Å². The summed E-state index contributed by atoms with van der Waals surface area (Å²) in [5, 5.41) is 11.0. The largest absolute Gasteiger partial charge is 0.465 e. The van der Waals surface area contributed by atoms with Gasteiger partial charge >= 0.3 is 6.09 Å². The van der Waals surface area contributed by atoms with Gasteiger partial charge in [0, 0.05) is 5.56 Å². The highest BCUT2D eigenvalue weighted by Crippen LogP contribution is 2.26. The van der Waals surface area contributed by atoms with E-state index >= 15 is 0 Å². The first kappa shape index (κ1) is 13.0. The Kier molecular flexibility index (Phi) is 4.73. The zero-order chi connectivity index (χ0) is 12.1. The summed E-state index contributed by atoms with van der Waals surface area (Å²) in [6.45, 7) is 1.92. The van der Waals surface area contributed by atoms with Gasteiger partial charge in [0.05, 0.1) is 10.5 Å². The molecule has 0 fully saturated rings. The summed E-state index contributed by atoms with van der Waals surface area (Å²) in [6.07, 6.45) is 0.203. The number of hydrogen-bond donors (Lipinski definition) is 2. The normalized spacial score (nSPS) is 12.2. The van der Waals surface area contributed by atoms with Crippen molar-refractivity contribution in [1.82, 2.24) is 5.32 Å². The van der Waals surface area contributed by atoms with E-state index in [4.69, 9.17) is 5.11 Å². The van der Waals surface area contributed by atoms with Gasteiger partial charge in [0.2, 0.25) is 0 Å². The van der Waals surface area contributed by atoms with Crippen LogP contribution in [0.5, 0.6) is 0 Å². The number of rotatable bonds is 4. The summed E-state index contributed by atoms with van der Waals surface area (Å²) < 4.78 is 14.1. The summed E-state index contributed by atoms with van der Waals surface area (Å²) in [6, 6.07) is 4.37. The zero-order valence-electron chi connectivity index (χ0n) is 8.84. The molecule has 1 aromatic carbocycles. The molecule has 1 atom stereocenters.